The molecule has 9 aromatic heterocycles. The first-order valence-electron chi connectivity index (χ1n) is 45.2. The molecule has 0 amide bonds. The van der Waals surface area contributed by atoms with Crippen molar-refractivity contribution in [3.8, 4) is 80.0 Å². The molecule has 0 fully saturated rings. The summed E-state index contributed by atoms with van der Waals surface area (Å²) in [7, 11) is 9.86. The topological polar surface area (TPSA) is 231 Å². The number of fused-ring (bicyclic) bond motifs is 22. The largest absolute Gasteiger partial charge is 2.00 e. The predicted octanol–water partition coefficient (Wildman–Crippen LogP) is 24.2. The number of esters is 1. The van der Waals surface area contributed by atoms with Crippen LogP contribution < -0.4 is 40.7 Å². The number of phenols is 1. The van der Waals surface area contributed by atoms with Crippen molar-refractivity contribution in [3.05, 3.63) is 408 Å². The van der Waals surface area contributed by atoms with Gasteiger partial charge in [0.15, 0.2) is 0 Å². The van der Waals surface area contributed by atoms with Crippen LogP contribution in [0.25, 0.3) is 133 Å². The minimum absolute atomic E-state index is 0. The van der Waals surface area contributed by atoms with Crippen molar-refractivity contribution in [1.82, 2.24) is 43.2 Å². The van der Waals surface area contributed by atoms with Crippen LogP contribution in [-0.2, 0) is 43.6 Å². The maximum atomic E-state index is 10.9. The Morgan fingerprint density at radius 3 is 1.28 bits per heavy atom. The molecule has 2 aliphatic heterocycles. The number of carbonyl (C=O) groups excluding carboxylic acids is 3. The van der Waals surface area contributed by atoms with Crippen molar-refractivity contribution in [2.24, 2.45) is 0 Å². The van der Waals surface area contributed by atoms with E-state index in [9.17, 15) is 15.0 Å². The Morgan fingerprint density at radius 2 is 0.762 bits per heavy atom. The van der Waals surface area contributed by atoms with Crippen LogP contribution in [0, 0.1) is 14.4 Å². The van der Waals surface area contributed by atoms with Crippen LogP contribution in [0.1, 0.15) is 122 Å². The molecule has 2 N–H and O–H groups in total. The van der Waals surface area contributed by atoms with E-state index in [1.165, 1.54) is 123 Å². The average Bonchev–Trinajstić information content (AvgIpc) is 1.58. The van der Waals surface area contributed by atoms with Gasteiger partial charge in [-0.2, -0.15) is 9.59 Å². The molecule has 21 aromatic rings. The van der Waals surface area contributed by atoms with Crippen LogP contribution in [0.3, 0.4) is 0 Å². The summed E-state index contributed by atoms with van der Waals surface area (Å²) in [6.45, 7) is 14.7. The number of rotatable bonds is 9. The number of aliphatic hydroxyl groups is 1. The van der Waals surface area contributed by atoms with Gasteiger partial charge >= 0.3 is 35.2 Å². The van der Waals surface area contributed by atoms with Gasteiger partial charge in [0.05, 0.1) is 98.0 Å². The minimum Gasteiger partial charge on any atom is -1.00 e. The number of hydrogen-bond acceptors (Lipinski definition) is 16. The van der Waals surface area contributed by atoms with Gasteiger partial charge in [-0.3, -0.25) is 18.3 Å². The molecule has 12 aromatic carbocycles. The monoisotopic (exact) mass is 2040 g/mol. The summed E-state index contributed by atoms with van der Waals surface area (Å²) in [4.78, 5) is 49.7. The zero-order chi connectivity index (χ0) is 96.4. The van der Waals surface area contributed by atoms with E-state index >= 15 is 0 Å². The van der Waals surface area contributed by atoms with E-state index in [1.807, 2.05) is 104 Å². The first-order valence-corrected chi connectivity index (χ1v) is 46.0. The molecular formula is C120H111Br2MgN9O11. The standard InChI is InChI=1S/C21H20N2O2.2C21H18N2O.C19H16N2O.C14H12O.C13H10O.C7H6BrNO2.CO2.2CH4.CH3.BrH.Mg/c1-21(2,24)17-8-6-12-22-20(17)23-18-9-5-4-7-15(18)16-11-10-14(25-3)13-19(16)23;1-21(2)16-7-4-6-15-14-10-9-13(24-3)12-18(14)23(19(15)16)20-17(21)8-5-11-22-20;1-21(2)15-8-6-12-22-20(15)23-16-9-5-4-7-13(16)14-10-11-17(24-3)18(21)19(14)23;1-13-6-5-11-20-19(13)21-17-8-4-3-7-15(17)16-10-9-14(22-2)12-18(16)21;1-15-12-6-7-14-11(9-12)8-10-4-2-3-5-13(10)14;14-11-5-6-13-10(8-11)7-9-3-1-2-4-12(9)13;1-11-7(10)5-3-2-4-9-6(5)8;2-1-3;;;;;/h4-13,24H,1-3H3;2*4-12H,1-3H3;3-12H,1-2H3;2-7,9H,8H2,1H3;1-6,8,14H,7H2;2-4H,1H3;;2*1H4;1H3;1H;/q;;;;;;;;;;-1;;+2/p-1. The number of halogens is 2. The Hall–Kier alpha value is -15.1. The molecule has 718 valence electrons. The van der Waals surface area contributed by atoms with Crippen LogP contribution in [0.2, 0.25) is 0 Å². The number of carbonyl (C=O) groups is 1. The Morgan fingerprint density at radius 1 is 0.385 bits per heavy atom. The van der Waals surface area contributed by atoms with Crippen LogP contribution in [-0.4, -0.2) is 131 Å². The van der Waals surface area contributed by atoms with Gasteiger partial charge in [0, 0.05) is 125 Å². The normalized spacial score (nSPS) is 12.0. The molecule has 0 radical (unpaired) electrons. The van der Waals surface area contributed by atoms with Gasteiger partial charge < -0.3 is 63.0 Å². The Kier molecular flexibility index (Phi) is 32.7. The van der Waals surface area contributed by atoms with Gasteiger partial charge in [-0.05, 0) is 233 Å². The summed E-state index contributed by atoms with van der Waals surface area (Å²) in [6, 6.07) is 103. The molecular weight excluding hydrogens is 1930 g/mol. The van der Waals surface area contributed by atoms with Crippen molar-refractivity contribution < 1.29 is 70.0 Å². The number of aromatic nitrogens is 9. The van der Waals surface area contributed by atoms with Crippen molar-refractivity contribution in [3.63, 3.8) is 0 Å². The number of pyridine rings is 5. The van der Waals surface area contributed by atoms with Crippen molar-refractivity contribution >= 4 is 138 Å². The van der Waals surface area contributed by atoms with Gasteiger partial charge in [-0.25, -0.2) is 29.7 Å². The number of phenolic OH excluding ortho intramolecular Hbond substituents is 1. The molecule has 0 saturated heterocycles. The molecule has 11 heterocycles. The fraction of sp³-hybridized carbons (Fsp3) is 0.167. The third-order valence-electron chi connectivity index (χ3n) is 26.2. The van der Waals surface area contributed by atoms with Crippen LogP contribution in [0.4, 0.5) is 0 Å². The third-order valence-corrected chi connectivity index (χ3v) is 26.8. The predicted molar refractivity (Wildman–Crippen MR) is 576 cm³/mol. The Balaban J connectivity index is 0.000000140. The van der Waals surface area contributed by atoms with E-state index in [0.717, 1.165) is 114 Å². The first-order chi connectivity index (χ1) is 67.0. The average molecular weight is 2040 g/mol. The second-order valence-corrected chi connectivity index (χ2v) is 36.1. The van der Waals surface area contributed by atoms with Crippen LogP contribution >= 0.6 is 15.9 Å². The minimum atomic E-state index is -1.000. The number of benzene rings is 12. The molecule has 25 rings (SSSR count). The molecule has 4 aliphatic rings. The zero-order valence-corrected chi connectivity index (χ0v) is 85.3. The molecule has 23 heteroatoms. The fourth-order valence-corrected chi connectivity index (χ4v) is 20.2. The zero-order valence-electron chi connectivity index (χ0n) is 80.7. The summed E-state index contributed by atoms with van der Waals surface area (Å²) >= 11 is 3.13. The van der Waals surface area contributed by atoms with E-state index in [4.69, 9.17) is 43.2 Å². The molecule has 0 bridgehead atoms. The molecule has 0 spiro atoms. The second-order valence-electron chi connectivity index (χ2n) is 35.3. The fourth-order valence-electron chi connectivity index (χ4n) is 19.7. The van der Waals surface area contributed by atoms with Gasteiger partial charge in [0.1, 0.15) is 62.4 Å². The summed E-state index contributed by atoms with van der Waals surface area (Å²) in [5, 5.41) is 29.7. The SMILES string of the molecule is C.C.COC(=O)c1cccnc1Br.COc1ccc2c(c1)Cc1ccccc1-2.COc1ccc2c3cccc4c3n(c2c1)-c1ncccc1C4(C)C.COc1ccc2c3ccccc3n(-c3ncccc3C(C)(C)O)c2c1.COc1ccc2c3ccccc3n(-c3ncccc3C)c2c1.COc1ccc2c3ccccc3n3c2c1C(C)(C)c1cccnc1-3.O=C=O.Oc1ccc2c(c1)Cc1ccccc1-2.[Br-].[CH3-].[Mg+2]. The second kappa shape index (κ2) is 44.4. The quantitative estimate of drug-likeness (QED) is 0.0592. The third kappa shape index (κ3) is 19.7. The molecule has 143 heavy (non-hydrogen) atoms. The van der Waals surface area contributed by atoms with E-state index in [0.29, 0.717) is 15.9 Å². The number of methoxy groups -OCH3 is 6. The number of ether oxygens (including phenoxy) is 6. The van der Waals surface area contributed by atoms with E-state index in [2.05, 4.69) is 289 Å². The Bertz CT molecular complexity index is 8310. The van der Waals surface area contributed by atoms with E-state index < -0.39 is 5.60 Å². The molecule has 2 aliphatic carbocycles. The summed E-state index contributed by atoms with van der Waals surface area (Å²) < 4.78 is 41.2. The Labute approximate surface area is 867 Å². The number of aromatic hydroxyl groups is 1. The van der Waals surface area contributed by atoms with Crippen molar-refractivity contribution in [2.75, 3.05) is 42.7 Å². The number of hydrogen-bond donors (Lipinski definition) is 2. The maximum absolute atomic E-state index is 10.9. The molecule has 0 saturated carbocycles. The maximum Gasteiger partial charge on any atom is 2.00 e. The van der Waals surface area contributed by atoms with Gasteiger partial charge in [0.25, 0.3) is 0 Å². The van der Waals surface area contributed by atoms with Gasteiger partial charge in [-0.15, -0.1) is 0 Å². The van der Waals surface area contributed by atoms with Crippen LogP contribution in [0.5, 0.6) is 34.5 Å². The molecule has 20 nitrogen and oxygen atoms in total. The van der Waals surface area contributed by atoms with Gasteiger partial charge in [-0.1, -0.05) is 200 Å². The van der Waals surface area contributed by atoms with Crippen molar-refractivity contribution in [1.29, 1.82) is 0 Å². The summed E-state index contributed by atoms with van der Waals surface area (Å²) in [5.41, 5.74) is 26.0. The summed E-state index contributed by atoms with van der Waals surface area (Å²) in [6.07, 6.45) is 11.2. The molecule has 0 unspecified atom stereocenters. The summed E-state index contributed by atoms with van der Waals surface area (Å²) in [5.74, 6) is 8.10. The first kappa shape index (κ1) is 105. The number of nitrogens with zero attached hydrogens (tertiary/aromatic N) is 9. The smallest absolute Gasteiger partial charge is 1.00 e. The number of para-hydroxylation sites is 4. The number of aryl methyl sites for hydroxylation is 1. The molecule has 0 atom stereocenters. The van der Waals surface area contributed by atoms with Gasteiger partial charge in [0.2, 0.25) is 0 Å². The van der Waals surface area contributed by atoms with Crippen molar-refractivity contribution in [2.45, 2.75) is 92.6 Å². The van der Waals surface area contributed by atoms with E-state index in [-0.39, 0.29) is 85.3 Å². The van der Waals surface area contributed by atoms with E-state index in [1.54, 1.807) is 80.0 Å². The van der Waals surface area contributed by atoms with Crippen LogP contribution in [0.15, 0.2) is 339 Å².